The van der Waals surface area contributed by atoms with Crippen molar-refractivity contribution in [2.45, 2.75) is 45.4 Å². The molecular weight excluding hydrogens is 236 g/mol. The van der Waals surface area contributed by atoms with E-state index in [4.69, 9.17) is 0 Å². The van der Waals surface area contributed by atoms with Crippen molar-refractivity contribution in [3.63, 3.8) is 0 Å². The van der Waals surface area contributed by atoms with Gasteiger partial charge in [-0.2, -0.15) is 0 Å². The molecule has 5 nitrogen and oxygen atoms in total. The van der Waals surface area contributed by atoms with Gasteiger partial charge in [-0.15, -0.1) is 0 Å². The quantitative estimate of drug-likeness (QED) is 0.359. The van der Waals surface area contributed by atoms with Gasteiger partial charge in [-0.1, -0.05) is 26.2 Å². The maximum absolute atomic E-state index is 11.8. The number of Topliss-reactive ketones (excluding diaryl/α,β-unsaturated/α-hetero) is 1. The third-order valence-electron chi connectivity index (χ3n) is 2.75. The molecule has 0 N–H and O–H groups in total. The van der Waals surface area contributed by atoms with E-state index in [1.165, 1.54) is 14.2 Å². The van der Waals surface area contributed by atoms with Gasteiger partial charge in [0.05, 0.1) is 20.6 Å². The fraction of sp³-hybridized carbons (Fsp3) is 0.769. The number of rotatable bonds is 9. The molecule has 0 fully saturated rings. The first-order valence-electron chi connectivity index (χ1n) is 6.24. The minimum absolute atomic E-state index is 0.240. The van der Waals surface area contributed by atoms with Crippen LogP contribution >= 0.6 is 0 Å². The van der Waals surface area contributed by atoms with Crippen LogP contribution in [0.3, 0.4) is 0 Å². The van der Waals surface area contributed by atoms with Gasteiger partial charge in [0.2, 0.25) is 0 Å². The van der Waals surface area contributed by atoms with Gasteiger partial charge in [-0.25, -0.2) is 0 Å². The number of ether oxygens (including phenoxy) is 2. The first-order valence-corrected chi connectivity index (χ1v) is 6.24. The van der Waals surface area contributed by atoms with E-state index in [9.17, 15) is 14.4 Å². The normalized spacial score (nSPS) is 11.7. The maximum atomic E-state index is 11.8. The van der Waals surface area contributed by atoms with Gasteiger partial charge in [0.15, 0.2) is 0 Å². The monoisotopic (exact) mass is 258 g/mol. The van der Waals surface area contributed by atoms with E-state index in [1.807, 2.05) is 0 Å². The molecule has 0 amide bonds. The summed E-state index contributed by atoms with van der Waals surface area (Å²) in [6, 6.07) is 0. The molecule has 5 heteroatoms. The lowest BCUT2D eigenvalue weighted by Crippen LogP contribution is -2.28. The summed E-state index contributed by atoms with van der Waals surface area (Å²) in [5, 5.41) is 0. The Balaban J connectivity index is 4.32. The Morgan fingerprint density at radius 1 is 1.00 bits per heavy atom. The Morgan fingerprint density at radius 2 is 1.67 bits per heavy atom. The first kappa shape index (κ1) is 16.6. The third-order valence-corrected chi connectivity index (χ3v) is 2.75. The number of methoxy groups -OCH3 is 2. The molecule has 0 aromatic heterocycles. The zero-order valence-corrected chi connectivity index (χ0v) is 11.4. The van der Waals surface area contributed by atoms with Crippen LogP contribution in [0.15, 0.2) is 0 Å². The van der Waals surface area contributed by atoms with Crippen molar-refractivity contribution in [1.29, 1.82) is 0 Å². The zero-order valence-electron chi connectivity index (χ0n) is 11.4. The van der Waals surface area contributed by atoms with E-state index in [-0.39, 0.29) is 12.2 Å². The lowest BCUT2D eigenvalue weighted by atomic mass is 9.96. The molecule has 0 saturated heterocycles. The van der Waals surface area contributed by atoms with E-state index < -0.39 is 17.9 Å². The molecule has 1 unspecified atom stereocenters. The molecule has 0 radical (unpaired) electrons. The molecule has 0 spiro atoms. The Bertz CT molecular complexity index is 285. The van der Waals surface area contributed by atoms with Crippen LogP contribution in [-0.2, 0) is 23.9 Å². The van der Waals surface area contributed by atoms with Crippen LogP contribution in [0.25, 0.3) is 0 Å². The lowest BCUT2D eigenvalue weighted by Gasteiger charge is -2.12. The number of ketones is 1. The zero-order chi connectivity index (χ0) is 14.0. The molecule has 0 saturated carbocycles. The Kier molecular flexibility index (Phi) is 8.88. The second-order valence-electron chi connectivity index (χ2n) is 4.13. The smallest absolute Gasteiger partial charge is 0.316 e. The van der Waals surface area contributed by atoms with Crippen LogP contribution in [0.1, 0.15) is 45.4 Å². The predicted molar refractivity (Wildman–Crippen MR) is 65.9 cm³/mol. The van der Waals surface area contributed by atoms with Crippen molar-refractivity contribution in [2.75, 3.05) is 14.2 Å². The molecule has 0 bridgehead atoms. The summed E-state index contributed by atoms with van der Waals surface area (Å²) in [6.07, 6.45) is 3.90. The molecule has 0 rings (SSSR count). The molecule has 0 aliphatic rings. The Morgan fingerprint density at radius 3 is 2.17 bits per heavy atom. The Hall–Kier alpha value is -1.39. The maximum Gasteiger partial charge on any atom is 0.316 e. The standard InChI is InChI=1S/C13H22O5/c1-4-5-6-7-8-11(14)10(13(16)18-3)9-12(15)17-2/h10H,4-9H2,1-3H3. The summed E-state index contributed by atoms with van der Waals surface area (Å²) in [4.78, 5) is 34.4. The van der Waals surface area contributed by atoms with Gasteiger partial charge in [0, 0.05) is 6.42 Å². The number of unbranched alkanes of at least 4 members (excludes halogenated alkanes) is 3. The topological polar surface area (TPSA) is 69.7 Å². The number of hydrogen-bond donors (Lipinski definition) is 0. The largest absolute Gasteiger partial charge is 0.469 e. The predicted octanol–water partition coefficient (Wildman–Crippen LogP) is 1.88. The second kappa shape index (κ2) is 9.62. The van der Waals surface area contributed by atoms with E-state index in [2.05, 4.69) is 16.4 Å². The summed E-state index contributed by atoms with van der Waals surface area (Å²) >= 11 is 0. The molecular formula is C13H22O5. The summed E-state index contributed by atoms with van der Waals surface area (Å²) in [5.74, 6) is -2.51. The fourth-order valence-corrected chi connectivity index (χ4v) is 1.62. The number of hydrogen-bond acceptors (Lipinski definition) is 5. The summed E-state index contributed by atoms with van der Waals surface area (Å²) < 4.78 is 9.01. The molecule has 1 atom stereocenters. The molecule has 0 aliphatic carbocycles. The van der Waals surface area contributed by atoms with Crippen molar-refractivity contribution in [3.05, 3.63) is 0 Å². The average Bonchev–Trinajstić information content (AvgIpc) is 2.39. The van der Waals surface area contributed by atoms with Gasteiger partial charge in [0.25, 0.3) is 0 Å². The molecule has 0 aromatic carbocycles. The van der Waals surface area contributed by atoms with Gasteiger partial charge < -0.3 is 9.47 Å². The fourth-order valence-electron chi connectivity index (χ4n) is 1.62. The third kappa shape index (κ3) is 6.37. The van der Waals surface area contributed by atoms with Crippen LogP contribution in [0, 0.1) is 5.92 Å². The van der Waals surface area contributed by atoms with Crippen molar-refractivity contribution in [3.8, 4) is 0 Å². The molecule has 104 valence electrons. The van der Waals surface area contributed by atoms with Crippen molar-refractivity contribution < 1.29 is 23.9 Å². The minimum atomic E-state index is -1.02. The van der Waals surface area contributed by atoms with E-state index in [0.717, 1.165) is 25.7 Å². The van der Waals surface area contributed by atoms with Crippen LogP contribution in [0.2, 0.25) is 0 Å². The van der Waals surface area contributed by atoms with Crippen molar-refractivity contribution >= 4 is 17.7 Å². The second-order valence-corrected chi connectivity index (χ2v) is 4.13. The molecule has 0 aliphatic heterocycles. The van der Waals surface area contributed by atoms with Crippen LogP contribution < -0.4 is 0 Å². The highest BCUT2D eigenvalue weighted by Crippen LogP contribution is 2.14. The first-order chi connectivity index (χ1) is 8.56. The lowest BCUT2D eigenvalue weighted by molar-refractivity contribution is -0.155. The van der Waals surface area contributed by atoms with Gasteiger partial charge in [-0.05, 0) is 6.42 Å². The highest BCUT2D eigenvalue weighted by Gasteiger charge is 2.29. The number of carbonyl (C=O) groups is 3. The molecule has 18 heavy (non-hydrogen) atoms. The van der Waals surface area contributed by atoms with Gasteiger partial charge in [-0.3, -0.25) is 14.4 Å². The van der Waals surface area contributed by atoms with Crippen molar-refractivity contribution in [2.24, 2.45) is 5.92 Å². The van der Waals surface area contributed by atoms with Crippen LogP contribution in [0.4, 0.5) is 0 Å². The van der Waals surface area contributed by atoms with Gasteiger partial charge >= 0.3 is 11.9 Å². The Labute approximate surface area is 108 Å². The molecule has 0 heterocycles. The van der Waals surface area contributed by atoms with Crippen LogP contribution in [0.5, 0.6) is 0 Å². The highest BCUT2D eigenvalue weighted by molar-refractivity contribution is 6.01. The van der Waals surface area contributed by atoms with Crippen LogP contribution in [-0.4, -0.2) is 31.9 Å². The minimum Gasteiger partial charge on any atom is -0.469 e. The summed E-state index contributed by atoms with van der Waals surface area (Å²) in [7, 11) is 2.43. The van der Waals surface area contributed by atoms with Crippen molar-refractivity contribution in [1.82, 2.24) is 0 Å². The number of esters is 2. The van der Waals surface area contributed by atoms with E-state index >= 15 is 0 Å². The van der Waals surface area contributed by atoms with Gasteiger partial charge in [0.1, 0.15) is 11.7 Å². The van der Waals surface area contributed by atoms with E-state index in [0.29, 0.717) is 6.42 Å². The SMILES string of the molecule is CCCCCCC(=O)C(CC(=O)OC)C(=O)OC. The van der Waals surface area contributed by atoms with E-state index in [1.54, 1.807) is 0 Å². The highest BCUT2D eigenvalue weighted by atomic mass is 16.5. The summed E-state index contributed by atoms with van der Waals surface area (Å²) in [6.45, 7) is 2.08. The summed E-state index contributed by atoms with van der Waals surface area (Å²) in [5.41, 5.74) is 0. The number of carbonyl (C=O) groups excluding carboxylic acids is 3. The molecule has 0 aromatic rings. The average molecular weight is 258 g/mol.